The van der Waals surface area contributed by atoms with Crippen molar-refractivity contribution in [1.29, 1.82) is 0 Å². The molecule has 0 heterocycles. The monoisotopic (exact) mass is 186 g/mol. The van der Waals surface area contributed by atoms with E-state index < -0.39 is 5.97 Å². The molecule has 13 heavy (non-hydrogen) atoms. The lowest BCUT2D eigenvalue weighted by atomic mass is 10.1. The summed E-state index contributed by atoms with van der Waals surface area (Å²) >= 11 is 0. The van der Waals surface area contributed by atoms with E-state index in [9.17, 15) is 9.59 Å². The number of hydrogen-bond acceptors (Lipinski definition) is 3. The first kappa shape index (κ1) is 12.1. The zero-order valence-corrected chi connectivity index (χ0v) is 8.63. The maximum Gasteiger partial charge on any atom is 0.313 e. The van der Waals surface area contributed by atoms with Crippen molar-refractivity contribution in [3.8, 4) is 0 Å². The summed E-state index contributed by atoms with van der Waals surface area (Å²) in [6.45, 7) is 5.96. The number of Topliss-reactive ketones (excluding diaryl/α,β-unsaturated/α-hetero) is 1. The van der Waals surface area contributed by atoms with Crippen LogP contribution in [0, 0.1) is 5.92 Å². The number of rotatable bonds is 6. The number of carbonyl (C=O) groups is 2. The molecule has 3 heteroatoms. The molecule has 0 radical (unpaired) electrons. The van der Waals surface area contributed by atoms with E-state index in [-0.39, 0.29) is 12.2 Å². The average Bonchev–Trinajstić information content (AvgIpc) is 2.05. The molecule has 0 aromatic heterocycles. The van der Waals surface area contributed by atoms with Crippen LogP contribution in [0.15, 0.2) is 0 Å². The predicted octanol–water partition coefficient (Wildman–Crippen LogP) is 1.94. The lowest BCUT2D eigenvalue weighted by molar-refractivity contribution is -0.147. The lowest BCUT2D eigenvalue weighted by Crippen LogP contribution is -2.14. The lowest BCUT2D eigenvalue weighted by Gasteiger charge is -2.11. The molecule has 0 aliphatic rings. The molecule has 0 bridgehead atoms. The summed E-state index contributed by atoms with van der Waals surface area (Å²) in [6.07, 6.45) is 1.91. The van der Waals surface area contributed by atoms with Gasteiger partial charge in [0.2, 0.25) is 0 Å². The Labute approximate surface area is 79.5 Å². The maximum absolute atomic E-state index is 10.9. The molecule has 0 saturated carbocycles. The van der Waals surface area contributed by atoms with Crippen molar-refractivity contribution >= 4 is 11.8 Å². The van der Waals surface area contributed by atoms with Crippen LogP contribution in [0.2, 0.25) is 0 Å². The molecular formula is C10H18O3. The van der Waals surface area contributed by atoms with Crippen LogP contribution in [0.4, 0.5) is 0 Å². The zero-order valence-electron chi connectivity index (χ0n) is 8.63. The largest absolute Gasteiger partial charge is 0.465 e. The highest BCUT2D eigenvalue weighted by molar-refractivity contribution is 5.94. The summed E-state index contributed by atoms with van der Waals surface area (Å²) < 4.78 is 4.94. The summed E-state index contributed by atoms with van der Waals surface area (Å²) in [6, 6.07) is 0. The van der Waals surface area contributed by atoms with Gasteiger partial charge in [0, 0.05) is 0 Å². The minimum Gasteiger partial charge on any atom is -0.465 e. The van der Waals surface area contributed by atoms with E-state index in [4.69, 9.17) is 4.74 Å². The van der Waals surface area contributed by atoms with E-state index >= 15 is 0 Å². The second-order valence-corrected chi connectivity index (χ2v) is 3.24. The van der Waals surface area contributed by atoms with Gasteiger partial charge >= 0.3 is 5.97 Å². The molecule has 0 fully saturated rings. The topological polar surface area (TPSA) is 43.4 Å². The van der Waals surface area contributed by atoms with Gasteiger partial charge in [-0.05, 0) is 12.8 Å². The fourth-order valence-corrected chi connectivity index (χ4v) is 0.989. The number of ether oxygens (including phenoxy) is 1. The van der Waals surface area contributed by atoms with Crippen LogP contribution in [0.3, 0.4) is 0 Å². The highest BCUT2D eigenvalue weighted by atomic mass is 16.5. The number of carbonyl (C=O) groups excluding carboxylic acids is 2. The fourth-order valence-electron chi connectivity index (χ4n) is 0.989. The Balaban J connectivity index is 3.62. The molecule has 0 aromatic carbocycles. The third-order valence-electron chi connectivity index (χ3n) is 2.03. The highest BCUT2D eigenvalue weighted by Gasteiger charge is 2.09. The molecule has 0 aliphatic carbocycles. The van der Waals surface area contributed by atoms with Crippen molar-refractivity contribution in [2.24, 2.45) is 5.92 Å². The summed E-state index contributed by atoms with van der Waals surface area (Å²) in [5.41, 5.74) is 0. The van der Waals surface area contributed by atoms with Crippen LogP contribution < -0.4 is 0 Å². The molecule has 0 aliphatic heterocycles. The van der Waals surface area contributed by atoms with Crippen molar-refractivity contribution < 1.29 is 14.3 Å². The first-order valence-electron chi connectivity index (χ1n) is 4.75. The van der Waals surface area contributed by atoms with E-state index in [1.807, 2.05) is 0 Å². The molecule has 76 valence electrons. The normalized spacial score (nSPS) is 10.2. The van der Waals surface area contributed by atoms with Crippen molar-refractivity contribution in [2.75, 3.05) is 6.61 Å². The van der Waals surface area contributed by atoms with E-state index in [1.54, 1.807) is 0 Å². The van der Waals surface area contributed by atoms with Crippen molar-refractivity contribution in [3.63, 3.8) is 0 Å². The molecule has 0 amide bonds. The highest BCUT2D eigenvalue weighted by Crippen LogP contribution is 2.07. The molecule has 0 saturated heterocycles. The average molecular weight is 186 g/mol. The maximum atomic E-state index is 10.9. The number of ketones is 1. The van der Waals surface area contributed by atoms with Gasteiger partial charge in [-0.25, -0.2) is 0 Å². The van der Waals surface area contributed by atoms with Crippen molar-refractivity contribution in [3.05, 3.63) is 0 Å². The van der Waals surface area contributed by atoms with Crippen LogP contribution in [0.5, 0.6) is 0 Å². The predicted molar refractivity (Wildman–Crippen MR) is 50.3 cm³/mol. The van der Waals surface area contributed by atoms with Crippen molar-refractivity contribution in [1.82, 2.24) is 0 Å². The first-order valence-corrected chi connectivity index (χ1v) is 4.75. The van der Waals surface area contributed by atoms with E-state index in [2.05, 4.69) is 13.8 Å². The third kappa shape index (κ3) is 6.31. The van der Waals surface area contributed by atoms with Gasteiger partial charge in [-0.3, -0.25) is 9.59 Å². The van der Waals surface area contributed by atoms with Crippen molar-refractivity contribution in [2.45, 2.75) is 40.0 Å². The van der Waals surface area contributed by atoms with Crippen LogP contribution in [0.25, 0.3) is 0 Å². The molecule has 3 nitrogen and oxygen atoms in total. The Hall–Kier alpha value is -0.860. The van der Waals surface area contributed by atoms with Gasteiger partial charge in [-0.15, -0.1) is 0 Å². The zero-order chi connectivity index (χ0) is 10.3. The first-order chi connectivity index (χ1) is 6.10. The Bertz CT molecular complexity index is 171. The molecule has 0 atom stereocenters. The Morgan fingerprint density at radius 3 is 2.15 bits per heavy atom. The van der Waals surface area contributed by atoms with E-state index in [0.717, 1.165) is 12.8 Å². The Kier molecular flexibility index (Phi) is 6.20. The van der Waals surface area contributed by atoms with Gasteiger partial charge in [0.25, 0.3) is 0 Å². The van der Waals surface area contributed by atoms with Gasteiger partial charge in [0.05, 0.1) is 6.61 Å². The van der Waals surface area contributed by atoms with Crippen LogP contribution in [-0.4, -0.2) is 18.4 Å². The Morgan fingerprint density at radius 2 is 1.77 bits per heavy atom. The fraction of sp³-hybridized carbons (Fsp3) is 0.800. The van der Waals surface area contributed by atoms with E-state index in [1.165, 1.54) is 6.92 Å². The van der Waals surface area contributed by atoms with Gasteiger partial charge in [-0.1, -0.05) is 26.7 Å². The number of esters is 1. The summed E-state index contributed by atoms with van der Waals surface area (Å²) in [5.74, 6) is -0.121. The van der Waals surface area contributed by atoms with E-state index in [0.29, 0.717) is 12.5 Å². The standard InChI is InChI=1S/C10H18O3/c1-4-9(5-2)7-13-10(12)6-8(3)11/h9H,4-7H2,1-3H3. The van der Waals surface area contributed by atoms with Crippen LogP contribution >= 0.6 is 0 Å². The molecule has 0 spiro atoms. The quantitative estimate of drug-likeness (QED) is 0.470. The second-order valence-electron chi connectivity index (χ2n) is 3.24. The van der Waals surface area contributed by atoms with Gasteiger partial charge in [0.15, 0.2) is 0 Å². The molecule has 0 aromatic rings. The minimum atomic E-state index is -0.403. The summed E-state index contributed by atoms with van der Waals surface area (Å²) in [4.78, 5) is 21.5. The van der Waals surface area contributed by atoms with Crippen LogP contribution in [-0.2, 0) is 14.3 Å². The van der Waals surface area contributed by atoms with Gasteiger partial charge < -0.3 is 4.74 Å². The SMILES string of the molecule is CCC(CC)COC(=O)CC(C)=O. The molecule has 0 N–H and O–H groups in total. The summed E-state index contributed by atoms with van der Waals surface area (Å²) in [5, 5.41) is 0. The Morgan fingerprint density at radius 1 is 1.23 bits per heavy atom. The molecular weight excluding hydrogens is 168 g/mol. The molecule has 0 rings (SSSR count). The smallest absolute Gasteiger partial charge is 0.313 e. The van der Waals surface area contributed by atoms with Crippen LogP contribution in [0.1, 0.15) is 40.0 Å². The third-order valence-corrected chi connectivity index (χ3v) is 2.03. The van der Waals surface area contributed by atoms with Gasteiger partial charge in [0.1, 0.15) is 12.2 Å². The van der Waals surface area contributed by atoms with Gasteiger partial charge in [-0.2, -0.15) is 0 Å². The molecule has 0 unspecified atom stereocenters. The minimum absolute atomic E-state index is 0.0971. The second kappa shape index (κ2) is 6.63. The number of hydrogen-bond donors (Lipinski definition) is 0. The summed E-state index contributed by atoms with van der Waals surface area (Å²) in [7, 11) is 0.